The molecule has 2 heterocycles. The summed E-state index contributed by atoms with van der Waals surface area (Å²) in [5, 5.41) is 6.96. The number of nitrogens with zero attached hydrogens (tertiary/aromatic N) is 2. The van der Waals surface area contributed by atoms with Crippen molar-refractivity contribution < 1.29 is 4.79 Å². The first-order valence-electron chi connectivity index (χ1n) is 8.09. The van der Waals surface area contributed by atoms with Gasteiger partial charge < -0.3 is 0 Å². The summed E-state index contributed by atoms with van der Waals surface area (Å²) in [4.78, 5) is 18.5. The number of nitrogens with one attached hydrogen (secondary N) is 1. The molecule has 4 nitrogen and oxygen atoms in total. The molecule has 6 heteroatoms. The fraction of sp³-hybridized carbons (Fsp3) is 0.211. The lowest BCUT2D eigenvalue weighted by Gasteiger charge is -2.08. The molecular formula is C19H16BrN3OS. The molecule has 0 radical (unpaired) electrons. The van der Waals surface area contributed by atoms with Crippen LogP contribution in [0.2, 0.25) is 0 Å². The van der Waals surface area contributed by atoms with E-state index >= 15 is 0 Å². The van der Waals surface area contributed by atoms with Crippen molar-refractivity contribution in [2.45, 2.75) is 25.7 Å². The molecule has 126 valence electrons. The van der Waals surface area contributed by atoms with E-state index < -0.39 is 0 Å². The number of benzene rings is 1. The molecule has 25 heavy (non-hydrogen) atoms. The minimum absolute atomic E-state index is 0.210. The van der Waals surface area contributed by atoms with Crippen molar-refractivity contribution in [3.63, 3.8) is 0 Å². The van der Waals surface area contributed by atoms with E-state index in [1.54, 1.807) is 17.6 Å². The molecule has 0 atom stereocenters. The molecule has 2 aromatic heterocycles. The second-order valence-corrected chi connectivity index (χ2v) is 8.06. The van der Waals surface area contributed by atoms with Crippen molar-refractivity contribution in [3.8, 4) is 0 Å². The van der Waals surface area contributed by atoms with Crippen LogP contribution in [0.1, 0.15) is 45.3 Å². The van der Waals surface area contributed by atoms with E-state index in [9.17, 15) is 4.79 Å². The number of halogens is 1. The number of carbonyl (C=O) groups excluding carboxylic acids is 1. The Balaban J connectivity index is 1.66. The quantitative estimate of drug-likeness (QED) is 0.482. The molecule has 0 bridgehead atoms. The number of hydrogen-bond donors (Lipinski definition) is 1. The Morgan fingerprint density at radius 3 is 2.92 bits per heavy atom. The number of hydrogen-bond acceptors (Lipinski definition) is 4. The lowest BCUT2D eigenvalue weighted by molar-refractivity contribution is 0.0956. The average Bonchev–Trinajstić information content (AvgIpc) is 3.37. The van der Waals surface area contributed by atoms with Gasteiger partial charge in [-0.2, -0.15) is 5.10 Å². The summed E-state index contributed by atoms with van der Waals surface area (Å²) in [6.45, 7) is 2.02. The number of pyridine rings is 1. The van der Waals surface area contributed by atoms with Crippen molar-refractivity contribution >= 4 is 50.3 Å². The molecule has 1 N–H and O–H groups in total. The molecule has 0 unspecified atom stereocenters. The first-order valence-corrected chi connectivity index (χ1v) is 9.77. The van der Waals surface area contributed by atoms with Gasteiger partial charge in [-0.1, -0.05) is 15.9 Å². The number of thiophene rings is 1. The summed E-state index contributed by atoms with van der Waals surface area (Å²) in [6, 6.07) is 9.77. The van der Waals surface area contributed by atoms with Gasteiger partial charge in [0.25, 0.3) is 5.91 Å². The maximum absolute atomic E-state index is 12.7. The minimum Gasteiger partial charge on any atom is -0.267 e. The fourth-order valence-corrected chi connectivity index (χ4v) is 3.87. The zero-order chi connectivity index (χ0) is 17.4. The number of aryl methyl sites for hydroxylation is 1. The minimum atomic E-state index is -0.210. The van der Waals surface area contributed by atoms with Crippen LogP contribution in [-0.2, 0) is 0 Å². The van der Waals surface area contributed by atoms with Crippen LogP contribution in [-0.4, -0.2) is 17.1 Å². The van der Waals surface area contributed by atoms with Gasteiger partial charge in [0, 0.05) is 26.3 Å². The van der Waals surface area contributed by atoms with Crippen LogP contribution in [0.5, 0.6) is 0 Å². The number of hydrazone groups is 1. The fourth-order valence-electron chi connectivity index (χ4n) is 2.72. The van der Waals surface area contributed by atoms with E-state index in [0.717, 1.165) is 44.4 Å². The van der Waals surface area contributed by atoms with Crippen LogP contribution in [0.25, 0.3) is 10.9 Å². The van der Waals surface area contributed by atoms with E-state index in [0.29, 0.717) is 11.5 Å². The Morgan fingerprint density at radius 1 is 1.36 bits per heavy atom. The van der Waals surface area contributed by atoms with Crippen molar-refractivity contribution in [2.75, 3.05) is 0 Å². The highest BCUT2D eigenvalue weighted by Crippen LogP contribution is 2.40. The van der Waals surface area contributed by atoms with E-state index in [-0.39, 0.29) is 5.91 Å². The molecule has 1 aromatic carbocycles. The van der Waals surface area contributed by atoms with Gasteiger partial charge in [0.05, 0.1) is 17.3 Å². The smallest absolute Gasteiger partial charge is 0.267 e. The highest BCUT2D eigenvalue weighted by atomic mass is 79.9. The highest BCUT2D eigenvalue weighted by Gasteiger charge is 2.27. The number of rotatable bonds is 4. The van der Waals surface area contributed by atoms with Crippen LogP contribution in [0.3, 0.4) is 0 Å². The first-order chi connectivity index (χ1) is 12.1. The average molecular weight is 414 g/mol. The van der Waals surface area contributed by atoms with Gasteiger partial charge in [-0.15, -0.1) is 11.3 Å². The van der Waals surface area contributed by atoms with E-state index in [1.165, 1.54) is 0 Å². The molecular weight excluding hydrogens is 398 g/mol. The van der Waals surface area contributed by atoms with Crippen molar-refractivity contribution in [3.05, 3.63) is 61.9 Å². The third kappa shape index (κ3) is 3.50. The topological polar surface area (TPSA) is 54.4 Å². The molecule has 1 amide bonds. The van der Waals surface area contributed by atoms with Crippen molar-refractivity contribution in [2.24, 2.45) is 5.10 Å². The Bertz CT molecular complexity index is 991. The monoisotopic (exact) mass is 413 g/mol. The second kappa shape index (κ2) is 6.69. The zero-order valence-corrected chi connectivity index (χ0v) is 16.0. The largest absolute Gasteiger partial charge is 0.272 e. The summed E-state index contributed by atoms with van der Waals surface area (Å²) in [5.41, 5.74) is 6.27. The number of carbonyl (C=O) groups is 1. The van der Waals surface area contributed by atoms with Gasteiger partial charge in [-0.05, 0) is 61.0 Å². The van der Waals surface area contributed by atoms with E-state index in [1.807, 2.05) is 42.6 Å². The van der Waals surface area contributed by atoms with Gasteiger partial charge in [-0.25, -0.2) is 5.43 Å². The lowest BCUT2D eigenvalue weighted by Crippen LogP contribution is -2.18. The van der Waals surface area contributed by atoms with E-state index in [4.69, 9.17) is 4.98 Å². The predicted molar refractivity (Wildman–Crippen MR) is 106 cm³/mol. The summed E-state index contributed by atoms with van der Waals surface area (Å²) >= 11 is 5.07. The van der Waals surface area contributed by atoms with Gasteiger partial charge in [0.1, 0.15) is 0 Å². The van der Waals surface area contributed by atoms with Crippen LogP contribution in [0.15, 0.2) is 45.3 Å². The van der Waals surface area contributed by atoms with Gasteiger partial charge in [0.15, 0.2) is 0 Å². The maximum atomic E-state index is 12.7. The normalized spacial score (nSPS) is 14.3. The number of aromatic nitrogens is 1. The molecule has 3 aromatic rings. The molecule has 0 aliphatic heterocycles. The third-order valence-electron chi connectivity index (χ3n) is 4.28. The second-order valence-electron chi connectivity index (χ2n) is 6.20. The summed E-state index contributed by atoms with van der Waals surface area (Å²) in [6.07, 6.45) is 3.98. The molecule has 1 fully saturated rings. The number of amides is 1. The van der Waals surface area contributed by atoms with Gasteiger partial charge in [-0.3, -0.25) is 9.78 Å². The predicted octanol–water partition coefficient (Wildman–Crippen LogP) is 5.01. The molecule has 1 saturated carbocycles. The van der Waals surface area contributed by atoms with Crippen LogP contribution in [0, 0.1) is 6.92 Å². The van der Waals surface area contributed by atoms with Crippen LogP contribution >= 0.6 is 27.3 Å². The summed E-state index contributed by atoms with van der Waals surface area (Å²) < 4.78 is 0.924. The SMILES string of the molecule is Cc1ccsc1/C=N\NC(=O)c1cc(C2CC2)nc2ccc(Br)cc12. The first kappa shape index (κ1) is 16.4. The zero-order valence-electron chi connectivity index (χ0n) is 13.6. The van der Waals surface area contributed by atoms with E-state index in [2.05, 4.69) is 26.5 Å². The molecule has 1 aliphatic rings. The number of fused-ring (bicyclic) bond motifs is 1. The van der Waals surface area contributed by atoms with Crippen LogP contribution < -0.4 is 5.43 Å². The molecule has 1 aliphatic carbocycles. The third-order valence-corrected chi connectivity index (χ3v) is 5.73. The molecule has 0 saturated heterocycles. The lowest BCUT2D eigenvalue weighted by atomic mass is 10.1. The van der Waals surface area contributed by atoms with Gasteiger partial charge >= 0.3 is 0 Å². The Morgan fingerprint density at radius 2 is 2.20 bits per heavy atom. The van der Waals surface area contributed by atoms with Gasteiger partial charge in [0.2, 0.25) is 0 Å². The Kier molecular flexibility index (Phi) is 4.39. The maximum Gasteiger partial charge on any atom is 0.272 e. The molecule has 4 rings (SSSR count). The standard InChI is InChI=1S/C19H16BrN3OS/c1-11-6-7-25-18(11)10-21-23-19(24)15-9-17(12-2-3-12)22-16-5-4-13(20)8-14(15)16/h4-10,12H,2-3H2,1H3,(H,23,24)/b21-10-. The highest BCUT2D eigenvalue weighted by molar-refractivity contribution is 9.10. The van der Waals surface area contributed by atoms with Crippen molar-refractivity contribution in [1.29, 1.82) is 0 Å². The Labute approximate surface area is 158 Å². The summed E-state index contributed by atoms with van der Waals surface area (Å²) in [5.74, 6) is 0.273. The van der Waals surface area contributed by atoms with Crippen LogP contribution in [0.4, 0.5) is 0 Å². The summed E-state index contributed by atoms with van der Waals surface area (Å²) in [7, 11) is 0. The molecule has 0 spiro atoms. The van der Waals surface area contributed by atoms with Crippen molar-refractivity contribution in [1.82, 2.24) is 10.4 Å². The Hall–Kier alpha value is -2.05.